The third kappa shape index (κ3) is 4.26. The van der Waals surface area contributed by atoms with Gasteiger partial charge in [-0.2, -0.15) is 0 Å². The molecule has 0 rings (SSSR count). The summed E-state index contributed by atoms with van der Waals surface area (Å²) in [5, 5.41) is 19.5. The smallest absolute Gasteiger partial charge is 1.00 e. The molecule has 4 N–H and O–H groups in total. The molecule has 0 saturated heterocycles. The van der Waals surface area contributed by atoms with E-state index in [1.54, 1.807) is 0 Å². The van der Waals surface area contributed by atoms with Crippen molar-refractivity contribution in [2.45, 2.75) is 0 Å². The summed E-state index contributed by atoms with van der Waals surface area (Å²) in [7, 11) is 0. The van der Waals surface area contributed by atoms with Crippen LogP contribution in [0.4, 0.5) is 0 Å². The fraction of sp³-hybridized carbons (Fsp3) is 0. The van der Waals surface area contributed by atoms with E-state index >= 15 is 0 Å². The molecule has 11 heavy (non-hydrogen) atoms. The minimum absolute atomic E-state index is 0. The second-order valence-electron chi connectivity index (χ2n) is 1.29. The molecule has 8 nitrogen and oxygen atoms in total. The molecule has 0 fully saturated rings. The van der Waals surface area contributed by atoms with Crippen LogP contribution in [0.1, 0.15) is 1.43 Å². The Bertz CT molecular complexity index is 197. The van der Waals surface area contributed by atoms with E-state index in [4.69, 9.17) is 0 Å². The topological polar surface area (TPSA) is 138 Å². The Morgan fingerprint density at radius 1 is 1.18 bits per heavy atom. The minimum Gasteiger partial charge on any atom is -1.00 e. The van der Waals surface area contributed by atoms with Crippen LogP contribution >= 0.6 is 0 Å². The summed E-state index contributed by atoms with van der Waals surface area (Å²) < 4.78 is 0. The fourth-order valence-electron chi connectivity index (χ4n) is 0.277. The number of nitrogens with zero attached hydrogens (tertiary/aromatic N) is 2. The molecule has 0 atom stereocenters. The number of nitrogens with two attached hydrogens (primary N) is 2. The van der Waals surface area contributed by atoms with Crippen LogP contribution < -0.4 is 62.9 Å². The van der Waals surface area contributed by atoms with Gasteiger partial charge in [-0.15, -0.1) is 0 Å². The molecule has 0 radical (unpaired) electrons. The summed E-state index contributed by atoms with van der Waals surface area (Å²) in [6, 6.07) is 0. The Hall–Kier alpha value is -0.224. The van der Waals surface area contributed by atoms with Gasteiger partial charge in [0.1, 0.15) is 9.85 Å². The molecule has 9 heteroatoms. The van der Waals surface area contributed by atoms with Crippen molar-refractivity contribution >= 4 is 0 Å². The molecule has 0 aromatic heterocycles. The first kappa shape index (κ1) is 13.4. The molecular weight excluding hydrogens is 183 g/mol. The molecule has 0 heterocycles. The third-order valence-electron chi connectivity index (χ3n) is 0.604. The Balaban J connectivity index is -0.000000405. The van der Waals surface area contributed by atoms with Crippen molar-refractivity contribution in [1.29, 1.82) is 0 Å². The number of rotatable bonds is 2. The maximum atomic E-state index is 9.73. The molecule has 0 aliphatic heterocycles. The first-order chi connectivity index (χ1) is 4.46. The molecule has 0 aromatic carbocycles. The van der Waals surface area contributed by atoms with Crippen LogP contribution in [0.15, 0.2) is 11.6 Å². The van der Waals surface area contributed by atoms with Crippen LogP contribution in [0.25, 0.3) is 0 Å². The Kier molecular flexibility index (Phi) is 6.60. The monoisotopic (exact) mass is 188 g/mol. The molecule has 0 aliphatic rings. The van der Waals surface area contributed by atoms with Gasteiger partial charge >= 0.3 is 57.2 Å². The fourth-order valence-corrected chi connectivity index (χ4v) is 0.277. The summed E-state index contributed by atoms with van der Waals surface area (Å²) in [6.45, 7) is 0. The van der Waals surface area contributed by atoms with Crippen LogP contribution in [0.3, 0.4) is 0 Å². The molecule has 0 aromatic rings. The zero-order valence-electron chi connectivity index (χ0n) is 6.68. The van der Waals surface area contributed by atoms with Gasteiger partial charge in [-0.3, -0.25) is 20.2 Å². The second kappa shape index (κ2) is 5.43. The Morgan fingerprint density at radius 2 is 1.45 bits per heavy atom. The van der Waals surface area contributed by atoms with Crippen molar-refractivity contribution in [3.05, 3.63) is 31.9 Å². The summed E-state index contributed by atoms with van der Waals surface area (Å²) in [5.41, 5.74) is 9.23. The minimum atomic E-state index is -1.39. The van der Waals surface area contributed by atoms with E-state index in [0.29, 0.717) is 0 Å². The normalized spacial score (nSPS) is 7.64. The van der Waals surface area contributed by atoms with Crippen molar-refractivity contribution in [2.75, 3.05) is 0 Å². The van der Waals surface area contributed by atoms with Crippen LogP contribution in [0.5, 0.6) is 0 Å². The number of hydrogen-bond donors (Lipinski definition) is 2. The van der Waals surface area contributed by atoms with Gasteiger partial charge < -0.3 is 12.9 Å². The number of hydrogen-bond acceptors (Lipinski definition) is 6. The first-order valence-corrected chi connectivity index (χ1v) is 2.00. The summed E-state index contributed by atoms with van der Waals surface area (Å²) in [4.78, 5) is 16.9. The maximum Gasteiger partial charge on any atom is 1.00 e. The summed E-state index contributed by atoms with van der Waals surface area (Å²) in [5.74, 6) is -2.30. The Labute approximate surface area is 105 Å². The second-order valence-corrected chi connectivity index (χ2v) is 1.29. The van der Waals surface area contributed by atoms with Crippen LogP contribution in [-0.4, -0.2) is 9.85 Å². The zero-order chi connectivity index (χ0) is 8.31. The first-order valence-electron chi connectivity index (χ1n) is 2.00. The van der Waals surface area contributed by atoms with Gasteiger partial charge in [0.2, 0.25) is 0 Å². The van der Waals surface area contributed by atoms with Crippen molar-refractivity contribution < 1.29 is 62.7 Å². The zero-order valence-corrected chi connectivity index (χ0v) is 8.81. The number of nitro groups is 2. The Morgan fingerprint density at radius 3 is 1.45 bits per heavy atom. The van der Waals surface area contributed by atoms with Crippen molar-refractivity contribution in [3.8, 4) is 0 Å². The molecular formula is C2H5KN4O4. The van der Waals surface area contributed by atoms with Gasteiger partial charge in [-0.05, 0) is 0 Å². The van der Waals surface area contributed by atoms with Gasteiger partial charge in [0.15, 0.2) is 0 Å². The van der Waals surface area contributed by atoms with Crippen LogP contribution in [-0.2, 0) is 0 Å². The van der Waals surface area contributed by atoms with Crippen LogP contribution in [0, 0.1) is 20.2 Å². The average Bonchev–Trinajstić information content (AvgIpc) is 1.59. The van der Waals surface area contributed by atoms with Gasteiger partial charge in [0.05, 0.1) is 0 Å². The summed E-state index contributed by atoms with van der Waals surface area (Å²) >= 11 is 0. The quantitative estimate of drug-likeness (QED) is 0.255. The summed E-state index contributed by atoms with van der Waals surface area (Å²) in [6.07, 6.45) is 0. The van der Waals surface area contributed by atoms with Crippen LogP contribution in [0.2, 0.25) is 0 Å². The van der Waals surface area contributed by atoms with E-state index in [2.05, 4.69) is 11.5 Å². The molecule has 0 saturated carbocycles. The standard InChI is InChI=1S/C2H4N4O4.K.H/c3-1(4)2(5(7)8)6(9)10;;/h3-4H2;;/q;+1;-1. The van der Waals surface area contributed by atoms with E-state index in [9.17, 15) is 20.2 Å². The maximum absolute atomic E-state index is 9.73. The van der Waals surface area contributed by atoms with Crippen molar-refractivity contribution in [3.63, 3.8) is 0 Å². The average molecular weight is 188 g/mol. The van der Waals surface area contributed by atoms with E-state index in [1.165, 1.54) is 0 Å². The largest absolute Gasteiger partial charge is 1.00 e. The molecule has 0 spiro atoms. The molecule has 0 bridgehead atoms. The van der Waals surface area contributed by atoms with E-state index in [1.807, 2.05) is 0 Å². The van der Waals surface area contributed by atoms with Crippen molar-refractivity contribution in [2.24, 2.45) is 11.5 Å². The van der Waals surface area contributed by atoms with E-state index in [0.717, 1.165) is 0 Å². The predicted octanol–water partition coefficient (Wildman–Crippen LogP) is -4.30. The predicted molar refractivity (Wildman–Crippen MR) is 30.5 cm³/mol. The third-order valence-corrected chi connectivity index (χ3v) is 0.604. The van der Waals surface area contributed by atoms with E-state index < -0.39 is 21.5 Å². The van der Waals surface area contributed by atoms with Gasteiger partial charge in [0, 0.05) is 0 Å². The van der Waals surface area contributed by atoms with Gasteiger partial charge in [-0.1, -0.05) is 0 Å². The van der Waals surface area contributed by atoms with Crippen molar-refractivity contribution in [1.82, 2.24) is 0 Å². The van der Waals surface area contributed by atoms with Gasteiger partial charge in [-0.25, -0.2) is 0 Å². The molecule has 0 amide bonds. The molecule has 0 aliphatic carbocycles. The molecule has 0 unspecified atom stereocenters. The van der Waals surface area contributed by atoms with Gasteiger partial charge in [0.25, 0.3) is 5.82 Å². The molecule has 58 valence electrons. The van der Waals surface area contributed by atoms with E-state index in [-0.39, 0.29) is 52.8 Å². The SMILES string of the molecule is NC(N)=C([N+](=O)[O-])[N+](=O)[O-].[H-].[K+].